The summed E-state index contributed by atoms with van der Waals surface area (Å²) < 4.78 is 4.57. The van der Waals surface area contributed by atoms with Crippen LogP contribution < -0.4 is 0 Å². The van der Waals surface area contributed by atoms with Crippen LogP contribution in [0, 0.1) is 18.3 Å². The van der Waals surface area contributed by atoms with E-state index in [4.69, 9.17) is 5.26 Å². The molecule has 0 saturated heterocycles. The molecule has 2 aliphatic rings. The van der Waals surface area contributed by atoms with Gasteiger partial charge in [-0.25, -0.2) is 9.79 Å². The minimum Gasteiger partial charge on any atom is -0.465 e. The predicted molar refractivity (Wildman–Crippen MR) is 136 cm³/mol. The first-order valence-corrected chi connectivity index (χ1v) is 11.7. The van der Waals surface area contributed by atoms with Gasteiger partial charge in [0, 0.05) is 16.9 Å². The lowest BCUT2D eigenvalue weighted by atomic mass is 9.90. The summed E-state index contributed by atoms with van der Waals surface area (Å²) in [5.41, 5.74) is 7.86. The van der Waals surface area contributed by atoms with Crippen molar-refractivity contribution in [2.75, 3.05) is 12.9 Å². The number of ether oxygens (including phenoxy) is 1. The van der Waals surface area contributed by atoms with Gasteiger partial charge in [-0.1, -0.05) is 60.7 Å². The monoisotopic (exact) mass is 466 g/mol. The second-order valence-electron chi connectivity index (χ2n) is 7.71. The van der Waals surface area contributed by atoms with E-state index in [0.29, 0.717) is 16.7 Å². The first-order valence-electron chi connectivity index (χ1n) is 10.7. The van der Waals surface area contributed by atoms with Gasteiger partial charge in [0.05, 0.1) is 25.2 Å². The van der Waals surface area contributed by atoms with Crippen LogP contribution in [0.5, 0.6) is 0 Å². The summed E-state index contributed by atoms with van der Waals surface area (Å²) in [4.78, 5) is 27.6. The number of methoxy groups -OCH3 is 1. The molecule has 5 rings (SSSR count). The first kappa shape index (κ1) is 23.2. The third kappa shape index (κ3) is 4.57. The average molecular weight is 467 g/mol. The van der Waals surface area contributed by atoms with Crippen LogP contribution in [0.2, 0.25) is 0 Å². The van der Waals surface area contributed by atoms with Gasteiger partial charge in [0.2, 0.25) is 0 Å². The molecule has 1 amide bonds. The van der Waals surface area contributed by atoms with Crippen LogP contribution in [0.4, 0.5) is 0 Å². The maximum absolute atomic E-state index is 12.1. The van der Waals surface area contributed by atoms with E-state index in [0.717, 1.165) is 21.9 Å². The van der Waals surface area contributed by atoms with Gasteiger partial charge < -0.3 is 4.74 Å². The number of benzene rings is 3. The molecule has 2 aliphatic heterocycles. The Kier molecular flexibility index (Phi) is 7.05. The highest BCUT2D eigenvalue weighted by molar-refractivity contribution is 8.16. The molecule has 0 atom stereocenters. The molecule has 0 spiro atoms. The number of amides is 1. The van der Waals surface area contributed by atoms with Gasteiger partial charge in [0.25, 0.3) is 5.91 Å². The Morgan fingerprint density at radius 2 is 1.65 bits per heavy atom. The second-order valence-corrected chi connectivity index (χ2v) is 8.67. The van der Waals surface area contributed by atoms with Crippen LogP contribution in [0.25, 0.3) is 11.1 Å². The van der Waals surface area contributed by atoms with Crippen molar-refractivity contribution >= 4 is 39.8 Å². The zero-order valence-corrected chi connectivity index (χ0v) is 19.7. The zero-order chi connectivity index (χ0) is 24.1. The summed E-state index contributed by atoms with van der Waals surface area (Å²) in [7, 11) is 1.32. The molecule has 6 heteroatoms. The van der Waals surface area contributed by atoms with Crippen LogP contribution in [0.1, 0.15) is 43.0 Å². The van der Waals surface area contributed by atoms with Gasteiger partial charge in [-0.05, 0) is 46.9 Å². The summed E-state index contributed by atoms with van der Waals surface area (Å²) in [6.07, 6.45) is 0.227. The van der Waals surface area contributed by atoms with E-state index in [1.54, 1.807) is 36.0 Å². The maximum atomic E-state index is 12.1. The van der Waals surface area contributed by atoms with Gasteiger partial charge in [0.15, 0.2) is 0 Å². The van der Waals surface area contributed by atoms with E-state index in [1.165, 1.54) is 23.8 Å². The number of aliphatic imine (C=N–C) groups is 1. The lowest BCUT2D eigenvalue weighted by Gasteiger charge is -2.16. The van der Waals surface area contributed by atoms with Crippen molar-refractivity contribution in [3.63, 3.8) is 0 Å². The minimum atomic E-state index is -0.397. The van der Waals surface area contributed by atoms with Crippen LogP contribution in [0.15, 0.2) is 77.8 Å². The topological polar surface area (TPSA) is 79.5 Å². The molecule has 0 N–H and O–H groups in total. The number of aryl methyl sites for hydroxylation is 1. The normalized spacial score (nSPS) is 13.7. The molecule has 34 heavy (non-hydrogen) atoms. The largest absolute Gasteiger partial charge is 0.465 e. The van der Waals surface area contributed by atoms with Crippen molar-refractivity contribution in [2.45, 2.75) is 13.3 Å². The Balaban J connectivity index is 0.000000182. The Labute approximate surface area is 202 Å². The lowest BCUT2D eigenvalue weighted by molar-refractivity contribution is 0.0599. The smallest absolute Gasteiger partial charge is 0.338 e. The third-order valence-electron chi connectivity index (χ3n) is 5.66. The predicted octanol–water partition coefficient (Wildman–Crippen LogP) is 5.74. The van der Waals surface area contributed by atoms with Crippen LogP contribution in [-0.4, -0.2) is 29.8 Å². The fourth-order valence-electron chi connectivity index (χ4n) is 4.01. The highest BCUT2D eigenvalue weighted by Gasteiger charge is 2.31. The summed E-state index contributed by atoms with van der Waals surface area (Å²) >= 11 is 1.66. The SMILES string of the molecule is COC(=O)c1ccccc1CC#N.Cc1ccccc1C1=C2C(=NC(=O)c3ccccc32)SC1. The average Bonchev–Trinajstić information content (AvgIpc) is 3.29. The summed E-state index contributed by atoms with van der Waals surface area (Å²) in [6, 6.07) is 25.1. The standard InChI is InChI=1S/C18H13NOS.C10H9NO2/c1-11-6-2-3-7-12(11)15-10-21-18-16(15)13-8-4-5-9-14(13)17(20)19-18;1-13-10(12)9-5-3-2-4-8(9)6-7-11/h2-9H,10H2,1H3;2-5H,6H2,1H3. The molecule has 3 aromatic carbocycles. The van der Waals surface area contributed by atoms with Crippen molar-refractivity contribution in [1.82, 2.24) is 0 Å². The van der Waals surface area contributed by atoms with Gasteiger partial charge in [-0.2, -0.15) is 5.26 Å². The van der Waals surface area contributed by atoms with E-state index >= 15 is 0 Å². The summed E-state index contributed by atoms with van der Waals surface area (Å²) in [5.74, 6) is 0.356. The number of esters is 1. The van der Waals surface area contributed by atoms with Crippen molar-refractivity contribution in [1.29, 1.82) is 5.26 Å². The van der Waals surface area contributed by atoms with Gasteiger partial charge in [-0.15, -0.1) is 11.8 Å². The summed E-state index contributed by atoms with van der Waals surface area (Å²) in [6.45, 7) is 2.13. The maximum Gasteiger partial charge on any atom is 0.338 e. The Morgan fingerprint density at radius 1 is 1.00 bits per heavy atom. The highest BCUT2D eigenvalue weighted by atomic mass is 32.2. The van der Waals surface area contributed by atoms with Gasteiger partial charge in [0.1, 0.15) is 5.04 Å². The number of nitrogens with zero attached hydrogens (tertiary/aromatic N) is 2. The number of carbonyl (C=O) groups is 2. The number of carbonyl (C=O) groups excluding carboxylic acids is 2. The lowest BCUT2D eigenvalue weighted by Crippen LogP contribution is -2.11. The van der Waals surface area contributed by atoms with Gasteiger partial charge in [-0.3, -0.25) is 4.79 Å². The molecule has 0 unspecified atom stereocenters. The van der Waals surface area contributed by atoms with Crippen molar-refractivity contribution in [3.05, 3.63) is 106 Å². The van der Waals surface area contributed by atoms with E-state index < -0.39 is 5.97 Å². The number of hydrogen-bond donors (Lipinski definition) is 0. The molecule has 2 heterocycles. The number of thioether (sulfide) groups is 1. The van der Waals surface area contributed by atoms with Crippen LogP contribution >= 0.6 is 11.8 Å². The number of hydrogen-bond acceptors (Lipinski definition) is 5. The summed E-state index contributed by atoms with van der Waals surface area (Å²) in [5, 5.41) is 9.37. The van der Waals surface area contributed by atoms with E-state index in [2.05, 4.69) is 40.9 Å². The Hall–Kier alpha value is -3.95. The second kappa shape index (κ2) is 10.3. The van der Waals surface area contributed by atoms with Crippen molar-refractivity contribution in [2.24, 2.45) is 4.99 Å². The van der Waals surface area contributed by atoms with Crippen molar-refractivity contribution < 1.29 is 14.3 Å². The van der Waals surface area contributed by atoms with E-state index in [9.17, 15) is 9.59 Å². The molecule has 168 valence electrons. The Bertz CT molecular complexity index is 1380. The molecule has 0 fully saturated rings. The highest BCUT2D eigenvalue weighted by Crippen LogP contribution is 2.44. The van der Waals surface area contributed by atoms with E-state index in [1.807, 2.05) is 30.3 Å². The third-order valence-corrected chi connectivity index (χ3v) is 6.66. The molecule has 0 aromatic heterocycles. The molecule has 0 bridgehead atoms. The molecule has 0 radical (unpaired) electrons. The van der Waals surface area contributed by atoms with Crippen molar-refractivity contribution in [3.8, 4) is 6.07 Å². The number of fused-ring (bicyclic) bond motifs is 3. The molecular weight excluding hydrogens is 444 g/mol. The number of nitriles is 1. The molecule has 0 saturated carbocycles. The van der Waals surface area contributed by atoms with E-state index in [-0.39, 0.29) is 12.3 Å². The molecule has 5 nitrogen and oxygen atoms in total. The fraction of sp³-hybridized carbons (Fsp3) is 0.143. The quantitative estimate of drug-likeness (QED) is 0.460. The molecule has 0 aliphatic carbocycles. The Morgan fingerprint density at radius 3 is 2.35 bits per heavy atom. The molecule has 3 aromatic rings. The first-order chi connectivity index (χ1) is 16.5. The molecular formula is C28H22N2O3S. The fourth-order valence-corrected chi connectivity index (χ4v) is 5.12. The zero-order valence-electron chi connectivity index (χ0n) is 18.9. The van der Waals surface area contributed by atoms with Crippen LogP contribution in [0.3, 0.4) is 0 Å². The minimum absolute atomic E-state index is 0.122. The number of rotatable bonds is 3. The van der Waals surface area contributed by atoms with Crippen LogP contribution in [-0.2, 0) is 11.2 Å². The van der Waals surface area contributed by atoms with Gasteiger partial charge >= 0.3 is 5.97 Å².